The molecule has 1 aromatic rings. The molecule has 0 aromatic carbocycles. The van der Waals surface area contributed by atoms with E-state index >= 15 is 0 Å². The molecule has 1 N–H and O–H groups in total. The SMILES string of the molecule is CCNC(CCN1CCSC(C)C1)c1ccc(F)cn1. The predicted octanol–water partition coefficient (Wildman–Crippen LogP) is 2.70. The van der Waals surface area contributed by atoms with Crippen LogP contribution in [0.25, 0.3) is 0 Å². The van der Waals surface area contributed by atoms with Crippen molar-refractivity contribution in [3.8, 4) is 0 Å². The minimum atomic E-state index is -0.272. The first-order chi connectivity index (χ1) is 9.69. The van der Waals surface area contributed by atoms with Gasteiger partial charge in [-0.25, -0.2) is 4.39 Å². The Labute approximate surface area is 125 Å². The molecule has 0 aliphatic carbocycles. The number of thioether (sulfide) groups is 1. The Morgan fingerprint density at radius 3 is 3.05 bits per heavy atom. The second-order valence-corrected chi connectivity index (χ2v) is 6.83. The highest BCUT2D eigenvalue weighted by molar-refractivity contribution is 7.99. The summed E-state index contributed by atoms with van der Waals surface area (Å²) in [6.45, 7) is 8.69. The Balaban J connectivity index is 1.90. The van der Waals surface area contributed by atoms with Gasteiger partial charge in [0.25, 0.3) is 0 Å². The Bertz CT molecular complexity index is 399. The fraction of sp³-hybridized carbons (Fsp3) is 0.667. The normalized spacial score (nSPS) is 21.9. The second-order valence-electron chi connectivity index (χ2n) is 5.28. The lowest BCUT2D eigenvalue weighted by atomic mass is 10.1. The molecule has 0 amide bonds. The molecule has 2 unspecified atom stereocenters. The number of nitrogens with zero attached hydrogens (tertiary/aromatic N) is 2. The molecule has 5 heteroatoms. The third-order valence-electron chi connectivity index (χ3n) is 3.62. The summed E-state index contributed by atoms with van der Waals surface area (Å²) in [4.78, 5) is 6.74. The van der Waals surface area contributed by atoms with Crippen LogP contribution in [0.1, 0.15) is 32.0 Å². The van der Waals surface area contributed by atoms with Gasteiger partial charge in [-0.3, -0.25) is 4.98 Å². The average molecular weight is 297 g/mol. The van der Waals surface area contributed by atoms with Crippen molar-refractivity contribution < 1.29 is 4.39 Å². The Morgan fingerprint density at radius 2 is 2.40 bits per heavy atom. The van der Waals surface area contributed by atoms with Crippen molar-refractivity contribution in [2.45, 2.75) is 31.6 Å². The first-order valence-electron chi connectivity index (χ1n) is 7.38. The van der Waals surface area contributed by atoms with E-state index in [4.69, 9.17) is 0 Å². The number of rotatable bonds is 6. The number of halogens is 1. The average Bonchev–Trinajstić information content (AvgIpc) is 2.44. The number of hydrogen-bond acceptors (Lipinski definition) is 4. The molecule has 2 atom stereocenters. The summed E-state index contributed by atoms with van der Waals surface area (Å²) in [6, 6.07) is 3.49. The van der Waals surface area contributed by atoms with Crippen molar-refractivity contribution >= 4 is 11.8 Å². The van der Waals surface area contributed by atoms with Crippen LogP contribution in [-0.2, 0) is 0 Å². The highest BCUT2D eigenvalue weighted by Crippen LogP contribution is 2.20. The first-order valence-corrected chi connectivity index (χ1v) is 8.42. The van der Waals surface area contributed by atoms with Crippen LogP contribution >= 0.6 is 11.8 Å². The van der Waals surface area contributed by atoms with E-state index in [0.29, 0.717) is 0 Å². The summed E-state index contributed by atoms with van der Waals surface area (Å²) in [7, 11) is 0. The summed E-state index contributed by atoms with van der Waals surface area (Å²) < 4.78 is 13.0. The number of nitrogens with one attached hydrogen (secondary N) is 1. The van der Waals surface area contributed by atoms with Gasteiger partial charge in [-0.1, -0.05) is 13.8 Å². The van der Waals surface area contributed by atoms with Gasteiger partial charge < -0.3 is 10.2 Å². The van der Waals surface area contributed by atoms with Gasteiger partial charge in [-0.2, -0.15) is 11.8 Å². The summed E-state index contributed by atoms with van der Waals surface area (Å²) in [6.07, 6.45) is 2.32. The molecule has 1 aromatic heterocycles. The van der Waals surface area contributed by atoms with E-state index in [1.54, 1.807) is 6.07 Å². The van der Waals surface area contributed by atoms with Crippen LogP contribution in [0.15, 0.2) is 18.3 Å². The van der Waals surface area contributed by atoms with E-state index in [9.17, 15) is 4.39 Å². The minimum Gasteiger partial charge on any atom is -0.309 e. The molecule has 1 aliphatic rings. The van der Waals surface area contributed by atoms with E-state index in [2.05, 4.69) is 40.8 Å². The Morgan fingerprint density at radius 1 is 1.55 bits per heavy atom. The second kappa shape index (κ2) is 7.96. The number of pyridine rings is 1. The van der Waals surface area contributed by atoms with Crippen LogP contribution in [0, 0.1) is 5.82 Å². The third-order valence-corrected chi connectivity index (χ3v) is 4.75. The fourth-order valence-electron chi connectivity index (χ4n) is 2.60. The predicted molar refractivity (Wildman–Crippen MR) is 83.6 cm³/mol. The largest absolute Gasteiger partial charge is 0.309 e. The molecule has 2 heterocycles. The fourth-order valence-corrected chi connectivity index (χ4v) is 3.68. The summed E-state index contributed by atoms with van der Waals surface area (Å²) in [5, 5.41) is 4.18. The van der Waals surface area contributed by atoms with Gasteiger partial charge in [0.1, 0.15) is 5.82 Å². The van der Waals surface area contributed by atoms with Gasteiger partial charge in [0.05, 0.1) is 17.9 Å². The third kappa shape index (κ3) is 4.72. The molecule has 0 radical (unpaired) electrons. The van der Waals surface area contributed by atoms with Gasteiger partial charge in [0.15, 0.2) is 0 Å². The van der Waals surface area contributed by atoms with Crippen LogP contribution in [-0.4, -0.2) is 47.1 Å². The molecule has 1 saturated heterocycles. The van der Waals surface area contributed by atoms with Crippen molar-refractivity contribution in [1.82, 2.24) is 15.2 Å². The molecule has 20 heavy (non-hydrogen) atoms. The van der Waals surface area contributed by atoms with Gasteiger partial charge in [-0.05, 0) is 25.1 Å². The summed E-state index contributed by atoms with van der Waals surface area (Å²) in [5.74, 6) is 0.952. The van der Waals surface area contributed by atoms with Crippen molar-refractivity contribution in [3.63, 3.8) is 0 Å². The van der Waals surface area contributed by atoms with Gasteiger partial charge in [-0.15, -0.1) is 0 Å². The van der Waals surface area contributed by atoms with E-state index in [0.717, 1.165) is 30.5 Å². The molecule has 0 saturated carbocycles. The number of aromatic nitrogens is 1. The topological polar surface area (TPSA) is 28.2 Å². The molecular weight excluding hydrogens is 273 g/mol. The van der Waals surface area contributed by atoms with E-state index in [-0.39, 0.29) is 11.9 Å². The highest BCUT2D eigenvalue weighted by Gasteiger charge is 2.19. The lowest BCUT2D eigenvalue weighted by Crippen LogP contribution is -2.38. The van der Waals surface area contributed by atoms with Crippen molar-refractivity contribution in [2.75, 3.05) is 31.9 Å². The zero-order chi connectivity index (χ0) is 14.4. The summed E-state index contributed by atoms with van der Waals surface area (Å²) >= 11 is 2.05. The van der Waals surface area contributed by atoms with Crippen LogP contribution < -0.4 is 5.32 Å². The standard InChI is InChI=1S/C15H24FN3S/c1-3-17-15(14-5-4-13(16)10-18-14)6-7-19-8-9-20-12(2)11-19/h4-5,10,12,15,17H,3,6-9,11H2,1-2H3. The van der Waals surface area contributed by atoms with Gasteiger partial charge in [0, 0.05) is 30.6 Å². The van der Waals surface area contributed by atoms with E-state index < -0.39 is 0 Å². The molecule has 1 fully saturated rings. The molecule has 2 rings (SSSR count). The van der Waals surface area contributed by atoms with Crippen LogP contribution in [0.2, 0.25) is 0 Å². The molecule has 0 spiro atoms. The Kier molecular flexibility index (Phi) is 6.26. The quantitative estimate of drug-likeness (QED) is 0.874. The molecule has 3 nitrogen and oxygen atoms in total. The smallest absolute Gasteiger partial charge is 0.141 e. The summed E-state index contributed by atoms with van der Waals surface area (Å²) in [5.41, 5.74) is 0.938. The molecule has 0 bridgehead atoms. The van der Waals surface area contributed by atoms with E-state index in [1.807, 2.05) is 0 Å². The number of hydrogen-bond donors (Lipinski definition) is 1. The maximum atomic E-state index is 13.0. The Hall–Kier alpha value is -0.650. The van der Waals surface area contributed by atoms with Crippen molar-refractivity contribution in [3.05, 3.63) is 29.8 Å². The van der Waals surface area contributed by atoms with Crippen LogP contribution in [0.5, 0.6) is 0 Å². The van der Waals surface area contributed by atoms with Crippen molar-refractivity contribution in [1.29, 1.82) is 0 Å². The molecular formula is C15H24FN3S. The molecule has 112 valence electrons. The zero-order valence-electron chi connectivity index (χ0n) is 12.3. The maximum absolute atomic E-state index is 13.0. The lowest BCUT2D eigenvalue weighted by molar-refractivity contribution is 0.267. The minimum absolute atomic E-state index is 0.213. The molecule has 1 aliphatic heterocycles. The monoisotopic (exact) mass is 297 g/mol. The van der Waals surface area contributed by atoms with Crippen LogP contribution in [0.3, 0.4) is 0 Å². The lowest BCUT2D eigenvalue weighted by Gasteiger charge is -2.31. The van der Waals surface area contributed by atoms with Crippen molar-refractivity contribution in [2.24, 2.45) is 0 Å². The van der Waals surface area contributed by atoms with E-state index in [1.165, 1.54) is 31.1 Å². The zero-order valence-corrected chi connectivity index (χ0v) is 13.1. The van der Waals surface area contributed by atoms with Gasteiger partial charge in [0.2, 0.25) is 0 Å². The first kappa shape index (κ1) is 15.7. The maximum Gasteiger partial charge on any atom is 0.141 e. The van der Waals surface area contributed by atoms with Gasteiger partial charge >= 0.3 is 0 Å². The van der Waals surface area contributed by atoms with Crippen LogP contribution in [0.4, 0.5) is 4.39 Å². The highest BCUT2D eigenvalue weighted by atomic mass is 32.2.